The van der Waals surface area contributed by atoms with Gasteiger partial charge >= 0.3 is 0 Å². The lowest BCUT2D eigenvalue weighted by molar-refractivity contribution is -0.134. The molecule has 7 nitrogen and oxygen atoms in total. The minimum Gasteiger partial charge on any atom is -0.469 e. The van der Waals surface area contributed by atoms with Gasteiger partial charge < -0.3 is 18.7 Å². The number of likely N-dealkylation sites (tertiary alicyclic amines) is 2. The Morgan fingerprint density at radius 1 is 1.31 bits per heavy atom. The number of piperazine rings is 1. The first-order chi connectivity index (χ1) is 12.5. The van der Waals surface area contributed by atoms with Crippen LogP contribution >= 0.6 is 0 Å². The number of rotatable bonds is 4. The van der Waals surface area contributed by atoms with Crippen molar-refractivity contribution < 1.29 is 18.5 Å². The van der Waals surface area contributed by atoms with E-state index in [1.807, 2.05) is 29.7 Å². The summed E-state index contributed by atoms with van der Waals surface area (Å²) in [5.74, 6) is 1.04. The topological polar surface area (TPSA) is 79.8 Å². The Balaban J connectivity index is 1.47. The minimum absolute atomic E-state index is 0.0284. The molecule has 0 N–H and O–H groups in total. The van der Waals surface area contributed by atoms with E-state index in [0.717, 1.165) is 6.42 Å². The normalized spacial score (nSPS) is 22.9. The summed E-state index contributed by atoms with van der Waals surface area (Å²) in [5, 5.41) is 3.94. The molecule has 3 atom stereocenters. The van der Waals surface area contributed by atoms with Crippen molar-refractivity contribution in [3.63, 3.8) is 0 Å². The Bertz CT molecular complexity index is 826. The number of hydrogen-bond donors (Lipinski definition) is 0. The molecule has 7 heteroatoms. The van der Waals surface area contributed by atoms with Gasteiger partial charge in [0.15, 0.2) is 0 Å². The fraction of sp³-hybridized carbons (Fsp3) is 0.526. The van der Waals surface area contributed by atoms with E-state index in [2.05, 4.69) is 5.16 Å². The Morgan fingerprint density at radius 2 is 2.04 bits per heavy atom. The van der Waals surface area contributed by atoms with Gasteiger partial charge in [-0.3, -0.25) is 9.59 Å². The lowest BCUT2D eigenvalue weighted by Crippen LogP contribution is -2.51. The number of aryl methyl sites for hydroxylation is 2. The lowest BCUT2D eigenvalue weighted by Gasteiger charge is -2.35. The number of fused-ring (bicyclic) bond motifs is 2. The average Bonchev–Trinajstić information content (AvgIpc) is 3.42. The largest absolute Gasteiger partial charge is 0.469 e. The maximum Gasteiger partial charge on any atom is 0.259 e. The van der Waals surface area contributed by atoms with Gasteiger partial charge in [0.25, 0.3) is 5.91 Å². The molecular formula is C19H23N3O4. The first-order valence-electron chi connectivity index (χ1n) is 9.11. The van der Waals surface area contributed by atoms with Crippen molar-refractivity contribution in [2.24, 2.45) is 0 Å². The van der Waals surface area contributed by atoms with Crippen LogP contribution in [0.25, 0.3) is 0 Å². The van der Waals surface area contributed by atoms with Gasteiger partial charge in [-0.05, 0) is 32.4 Å². The predicted octanol–water partition coefficient (Wildman–Crippen LogP) is 2.37. The number of hydrogen-bond acceptors (Lipinski definition) is 5. The Labute approximate surface area is 151 Å². The van der Waals surface area contributed by atoms with Crippen LogP contribution in [0.1, 0.15) is 53.8 Å². The van der Waals surface area contributed by atoms with Gasteiger partial charge in [0, 0.05) is 19.5 Å². The third kappa shape index (κ3) is 2.53. The minimum atomic E-state index is -0.305. The van der Waals surface area contributed by atoms with Crippen LogP contribution < -0.4 is 0 Å². The summed E-state index contributed by atoms with van der Waals surface area (Å²) in [6, 6.07) is 3.74. The van der Waals surface area contributed by atoms with Crippen molar-refractivity contribution in [2.75, 3.05) is 13.1 Å². The molecule has 2 aliphatic rings. The second-order valence-electron chi connectivity index (χ2n) is 7.15. The molecule has 0 aliphatic carbocycles. The van der Waals surface area contributed by atoms with E-state index in [1.165, 1.54) is 0 Å². The Kier molecular flexibility index (Phi) is 4.09. The molecule has 2 fully saturated rings. The van der Waals surface area contributed by atoms with Gasteiger partial charge in [0.05, 0.1) is 30.0 Å². The number of aromatic nitrogens is 1. The van der Waals surface area contributed by atoms with Gasteiger partial charge in [0.1, 0.15) is 17.1 Å². The summed E-state index contributed by atoms with van der Waals surface area (Å²) in [6.45, 7) is 6.75. The third-order valence-corrected chi connectivity index (χ3v) is 5.59. The van der Waals surface area contributed by atoms with Crippen LogP contribution in [0.4, 0.5) is 0 Å². The van der Waals surface area contributed by atoms with E-state index in [4.69, 9.17) is 8.94 Å². The second-order valence-corrected chi connectivity index (χ2v) is 7.15. The molecule has 0 aromatic carbocycles. The van der Waals surface area contributed by atoms with Crippen LogP contribution in [0.15, 0.2) is 27.3 Å². The smallest absolute Gasteiger partial charge is 0.259 e. The molecule has 2 amide bonds. The first kappa shape index (κ1) is 16.9. The van der Waals surface area contributed by atoms with Crippen LogP contribution in [-0.2, 0) is 11.2 Å². The van der Waals surface area contributed by atoms with Crippen molar-refractivity contribution in [1.29, 1.82) is 0 Å². The SMILES string of the molecule is CCc1onc(C)c1C(=O)N1C[C@@H]2C[C@H]1CN2C(=O)C(C)c1ccco1. The molecule has 4 rings (SSSR count). The zero-order valence-electron chi connectivity index (χ0n) is 15.3. The van der Waals surface area contributed by atoms with E-state index in [9.17, 15) is 9.59 Å². The van der Waals surface area contributed by atoms with Gasteiger partial charge in [0.2, 0.25) is 5.91 Å². The number of amides is 2. The van der Waals surface area contributed by atoms with Crippen molar-refractivity contribution in [1.82, 2.24) is 15.0 Å². The molecule has 2 aromatic rings. The van der Waals surface area contributed by atoms with Crippen LogP contribution in [-0.4, -0.2) is 51.9 Å². The molecule has 138 valence electrons. The number of furan rings is 1. The molecule has 0 radical (unpaired) electrons. The first-order valence-corrected chi connectivity index (χ1v) is 9.11. The molecule has 2 bridgehead atoms. The van der Waals surface area contributed by atoms with Gasteiger partial charge in [-0.15, -0.1) is 0 Å². The summed E-state index contributed by atoms with van der Waals surface area (Å²) < 4.78 is 10.6. The highest BCUT2D eigenvalue weighted by molar-refractivity contribution is 5.97. The van der Waals surface area contributed by atoms with E-state index >= 15 is 0 Å². The van der Waals surface area contributed by atoms with Crippen LogP contribution in [0.3, 0.4) is 0 Å². The van der Waals surface area contributed by atoms with Crippen LogP contribution in [0.2, 0.25) is 0 Å². The number of carbonyl (C=O) groups excluding carboxylic acids is 2. The predicted molar refractivity (Wildman–Crippen MR) is 92.7 cm³/mol. The zero-order chi connectivity index (χ0) is 18.4. The summed E-state index contributed by atoms with van der Waals surface area (Å²) in [7, 11) is 0. The monoisotopic (exact) mass is 357 g/mol. The van der Waals surface area contributed by atoms with Gasteiger partial charge in [-0.25, -0.2) is 0 Å². The van der Waals surface area contributed by atoms with Crippen molar-refractivity contribution in [2.45, 2.75) is 51.6 Å². The Morgan fingerprint density at radius 3 is 2.65 bits per heavy atom. The van der Waals surface area contributed by atoms with Crippen molar-refractivity contribution in [3.8, 4) is 0 Å². The fourth-order valence-corrected chi connectivity index (χ4v) is 4.17. The standard InChI is InChI=1S/C19H23N3O4/c1-4-15-17(12(3)20-26-15)19(24)22-10-13-8-14(22)9-21(13)18(23)11(2)16-6-5-7-25-16/h5-7,11,13-14H,4,8-10H2,1-3H3/t11?,13-,14-/m0/s1. The zero-order valence-corrected chi connectivity index (χ0v) is 15.3. The number of carbonyl (C=O) groups is 2. The fourth-order valence-electron chi connectivity index (χ4n) is 4.17. The van der Waals surface area contributed by atoms with Crippen molar-refractivity contribution in [3.05, 3.63) is 41.2 Å². The highest BCUT2D eigenvalue weighted by atomic mass is 16.5. The quantitative estimate of drug-likeness (QED) is 0.839. The summed E-state index contributed by atoms with van der Waals surface area (Å²) in [5.41, 5.74) is 1.22. The molecular weight excluding hydrogens is 334 g/mol. The summed E-state index contributed by atoms with van der Waals surface area (Å²) in [4.78, 5) is 29.6. The molecule has 0 spiro atoms. The molecule has 4 heterocycles. The lowest BCUT2D eigenvalue weighted by atomic mass is 10.1. The summed E-state index contributed by atoms with van der Waals surface area (Å²) >= 11 is 0. The highest BCUT2D eigenvalue weighted by Crippen LogP contribution is 2.35. The highest BCUT2D eigenvalue weighted by Gasteiger charge is 2.48. The van der Waals surface area contributed by atoms with Crippen LogP contribution in [0, 0.1) is 6.92 Å². The number of nitrogens with zero attached hydrogens (tertiary/aromatic N) is 3. The van der Waals surface area contributed by atoms with E-state index in [0.29, 0.717) is 42.3 Å². The van der Waals surface area contributed by atoms with Gasteiger partial charge in [-0.1, -0.05) is 12.1 Å². The van der Waals surface area contributed by atoms with E-state index in [1.54, 1.807) is 19.3 Å². The molecule has 2 saturated heterocycles. The molecule has 2 aliphatic heterocycles. The molecule has 26 heavy (non-hydrogen) atoms. The van der Waals surface area contributed by atoms with E-state index in [-0.39, 0.29) is 29.8 Å². The second kappa shape index (κ2) is 6.30. The van der Waals surface area contributed by atoms with Crippen molar-refractivity contribution >= 4 is 11.8 Å². The summed E-state index contributed by atoms with van der Waals surface area (Å²) in [6.07, 6.45) is 3.05. The maximum absolute atomic E-state index is 13.0. The van der Waals surface area contributed by atoms with Gasteiger partial charge in [-0.2, -0.15) is 0 Å². The van der Waals surface area contributed by atoms with E-state index < -0.39 is 0 Å². The molecule has 2 aromatic heterocycles. The molecule has 1 unspecified atom stereocenters. The average molecular weight is 357 g/mol. The Hall–Kier alpha value is -2.57. The molecule has 0 saturated carbocycles. The third-order valence-electron chi connectivity index (χ3n) is 5.59. The van der Waals surface area contributed by atoms with Crippen LogP contribution in [0.5, 0.6) is 0 Å². The maximum atomic E-state index is 13.0.